The number of allylic oxidation sites excluding steroid dienone is 2. The SMILES string of the molecule is COC1=CC=C2NC=C(F)C(CNCCC[C@@H]3COC(=O)N3c3ccc4c(c3)NC(=O)CO4)=C2N1C[C@H](O)CO. The molecule has 4 aliphatic rings. The van der Waals surface area contributed by atoms with E-state index < -0.39 is 24.6 Å². The van der Waals surface area contributed by atoms with Crippen molar-refractivity contribution in [1.82, 2.24) is 15.5 Å². The second-order valence-electron chi connectivity index (χ2n) is 9.64. The van der Waals surface area contributed by atoms with E-state index in [9.17, 15) is 19.8 Å². The van der Waals surface area contributed by atoms with Crippen LogP contribution in [0, 0.1) is 0 Å². The first-order valence-corrected chi connectivity index (χ1v) is 13.0. The van der Waals surface area contributed by atoms with E-state index in [4.69, 9.17) is 14.2 Å². The van der Waals surface area contributed by atoms with Crippen LogP contribution in [0.15, 0.2) is 65.2 Å². The van der Waals surface area contributed by atoms with Gasteiger partial charge in [-0.25, -0.2) is 9.18 Å². The van der Waals surface area contributed by atoms with Crippen molar-refractivity contribution in [3.05, 3.63) is 65.2 Å². The molecule has 0 saturated carbocycles. The fourth-order valence-corrected chi connectivity index (χ4v) is 5.04. The number of nitrogens with zero attached hydrogens (tertiary/aromatic N) is 2. The van der Waals surface area contributed by atoms with Crippen LogP contribution < -0.4 is 25.6 Å². The molecular weight excluding hydrogens is 525 g/mol. The monoisotopic (exact) mass is 557 g/mol. The van der Waals surface area contributed by atoms with E-state index in [-0.39, 0.29) is 38.3 Å². The summed E-state index contributed by atoms with van der Waals surface area (Å²) in [4.78, 5) is 27.4. The summed E-state index contributed by atoms with van der Waals surface area (Å²) in [7, 11) is 1.48. The zero-order valence-electron chi connectivity index (χ0n) is 22.0. The fraction of sp³-hybridized carbons (Fsp3) is 0.407. The molecule has 1 saturated heterocycles. The molecule has 0 aliphatic carbocycles. The second kappa shape index (κ2) is 12.0. The minimum atomic E-state index is -1.05. The summed E-state index contributed by atoms with van der Waals surface area (Å²) < 4.78 is 31.1. The number of hydrogen-bond donors (Lipinski definition) is 5. The van der Waals surface area contributed by atoms with Gasteiger partial charge in [-0.05, 0) is 43.7 Å². The average molecular weight is 558 g/mol. The molecule has 5 rings (SSSR count). The number of nitrogens with one attached hydrogen (secondary N) is 3. The van der Waals surface area contributed by atoms with Crippen molar-refractivity contribution in [3.8, 4) is 5.75 Å². The lowest BCUT2D eigenvalue weighted by Crippen LogP contribution is -2.40. The lowest BCUT2D eigenvalue weighted by molar-refractivity contribution is -0.118. The number of dihydropyridines is 1. The summed E-state index contributed by atoms with van der Waals surface area (Å²) in [6, 6.07) is 4.96. The zero-order chi connectivity index (χ0) is 28.2. The molecule has 0 bridgehead atoms. The number of aliphatic hydroxyl groups excluding tert-OH is 2. The van der Waals surface area contributed by atoms with Crippen molar-refractivity contribution < 1.29 is 38.4 Å². The summed E-state index contributed by atoms with van der Waals surface area (Å²) in [6.07, 6.45) is 4.55. The van der Waals surface area contributed by atoms with Crippen LogP contribution in [-0.2, 0) is 14.3 Å². The van der Waals surface area contributed by atoms with Crippen LogP contribution in [0.3, 0.4) is 0 Å². The molecule has 0 unspecified atom stereocenters. The summed E-state index contributed by atoms with van der Waals surface area (Å²) in [5.41, 5.74) is 2.65. The molecule has 1 aromatic rings. The predicted molar refractivity (Wildman–Crippen MR) is 143 cm³/mol. The minimum Gasteiger partial charge on any atom is -0.482 e. The first-order valence-electron chi connectivity index (χ1n) is 13.0. The number of amides is 2. The van der Waals surface area contributed by atoms with E-state index in [0.717, 1.165) is 0 Å². The van der Waals surface area contributed by atoms with E-state index >= 15 is 4.39 Å². The van der Waals surface area contributed by atoms with Crippen LogP contribution in [0.4, 0.5) is 20.6 Å². The molecule has 40 heavy (non-hydrogen) atoms. The third-order valence-electron chi connectivity index (χ3n) is 6.95. The van der Waals surface area contributed by atoms with Crippen LogP contribution in [0.5, 0.6) is 5.75 Å². The number of methoxy groups -OCH3 is 1. The largest absolute Gasteiger partial charge is 0.482 e. The van der Waals surface area contributed by atoms with Crippen LogP contribution in [0.2, 0.25) is 0 Å². The first-order chi connectivity index (χ1) is 19.4. The molecule has 2 amide bonds. The Labute approximate surface area is 230 Å². The number of cyclic esters (lactones) is 1. The van der Waals surface area contributed by atoms with Crippen LogP contribution in [0.1, 0.15) is 12.8 Å². The van der Waals surface area contributed by atoms with Gasteiger partial charge in [0.05, 0.1) is 49.5 Å². The zero-order valence-corrected chi connectivity index (χ0v) is 22.0. The Kier molecular flexibility index (Phi) is 8.24. The van der Waals surface area contributed by atoms with Gasteiger partial charge in [0.2, 0.25) is 0 Å². The highest BCUT2D eigenvalue weighted by molar-refractivity contribution is 5.97. The molecule has 0 radical (unpaired) electrons. The van der Waals surface area contributed by atoms with E-state index in [1.165, 1.54) is 13.3 Å². The van der Waals surface area contributed by atoms with Gasteiger partial charge in [0.15, 0.2) is 12.5 Å². The lowest BCUT2D eigenvalue weighted by Gasteiger charge is -2.36. The highest BCUT2D eigenvalue weighted by Crippen LogP contribution is 2.35. The molecule has 13 heteroatoms. The van der Waals surface area contributed by atoms with Crippen molar-refractivity contribution in [2.75, 3.05) is 56.8 Å². The highest BCUT2D eigenvalue weighted by atomic mass is 19.1. The van der Waals surface area contributed by atoms with Gasteiger partial charge in [-0.2, -0.15) is 0 Å². The summed E-state index contributed by atoms with van der Waals surface area (Å²) in [6.45, 7) is 0.498. The third-order valence-corrected chi connectivity index (χ3v) is 6.95. The molecule has 0 aromatic heterocycles. The van der Waals surface area contributed by atoms with Gasteiger partial charge in [-0.1, -0.05) is 0 Å². The number of carbonyl (C=O) groups excluding carboxylic acids is 2. The summed E-state index contributed by atoms with van der Waals surface area (Å²) in [5, 5.41) is 28.4. The summed E-state index contributed by atoms with van der Waals surface area (Å²) in [5.74, 6) is 0.245. The number of fused-ring (bicyclic) bond motifs is 2. The Hall–Kier alpha value is -4.07. The van der Waals surface area contributed by atoms with Gasteiger partial charge in [-0.3, -0.25) is 9.69 Å². The van der Waals surface area contributed by atoms with Gasteiger partial charge in [0, 0.05) is 30.1 Å². The molecule has 4 aliphatic heterocycles. The maximum absolute atomic E-state index is 15.0. The Balaban J connectivity index is 1.22. The Morgan fingerprint density at radius 3 is 2.92 bits per heavy atom. The van der Waals surface area contributed by atoms with Crippen molar-refractivity contribution in [2.24, 2.45) is 0 Å². The van der Waals surface area contributed by atoms with Crippen LogP contribution >= 0.6 is 0 Å². The van der Waals surface area contributed by atoms with Crippen molar-refractivity contribution in [1.29, 1.82) is 0 Å². The second-order valence-corrected chi connectivity index (χ2v) is 9.64. The number of carbonyl (C=O) groups is 2. The van der Waals surface area contributed by atoms with Crippen LogP contribution in [-0.4, -0.2) is 85.8 Å². The number of rotatable bonds is 11. The van der Waals surface area contributed by atoms with Gasteiger partial charge in [0.25, 0.3) is 5.91 Å². The third kappa shape index (κ3) is 5.62. The smallest absolute Gasteiger partial charge is 0.414 e. The van der Waals surface area contributed by atoms with Crippen LogP contribution in [0.25, 0.3) is 0 Å². The quantitative estimate of drug-likeness (QED) is 0.253. The number of hydrogen-bond acceptors (Lipinski definition) is 10. The lowest BCUT2D eigenvalue weighted by atomic mass is 10.0. The van der Waals surface area contributed by atoms with Crippen molar-refractivity contribution in [3.63, 3.8) is 0 Å². The van der Waals surface area contributed by atoms with Gasteiger partial charge in [-0.15, -0.1) is 0 Å². The Bertz CT molecular complexity index is 1290. The molecule has 1 fully saturated rings. The van der Waals surface area contributed by atoms with Gasteiger partial charge in [0.1, 0.15) is 18.2 Å². The Morgan fingerprint density at radius 1 is 1.27 bits per heavy atom. The number of benzene rings is 1. The molecule has 5 N–H and O–H groups in total. The molecule has 214 valence electrons. The van der Waals surface area contributed by atoms with E-state index in [0.29, 0.717) is 59.4 Å². The number of aliphatic hydroxyl groups is 2. The van der Waals surface area contributed by atoms with Crippen molar-refractivity contribution in [2.45, 2.75) is 25.0 Å². The number of ether oxygens (including phenoxy) is 3. The highest BCUT2D eigenvalue weighted by Gasteiger charge is 2.35. The maximum Gasteiger partial charge on any atom is 0.414 e. The number of halogens is 1. The first kappa shape index (κ1) is 27.5. The Morgan fingerprint density at radius 2 is 2.12 bits per heavy atom. The molecule has 1 aromatic carbocycles. The fourth-order valence-electron chi connectivity index (χ4n) is 5.04. The molecule has 4 heterocycles. The number of β-amino-alcohol motifs (C(OH)–C–C–N with tert-alkyl or cyclic N) is 1. The van der Waals surface area contributed by atoms with Gasteiger partial charge < -0.3 is 45.3 Å². The average Bonchev–Trinajstić information content (AvgIpc) is 3.33. The topological polar surface area (TPSA) is 145 Å². The molecule has 12 nitrogen and oxygen atoms in total. The van der Waals surface area contributed by atoms with E-state index in [1.807, 2.05) is 0 Å². The number of anilines is 2. The normalized spacial score (nSPS) is 20.8. The maximum atomic E-state index is 15.0. The molecular formula is C27H32FN5O7. The summed E-state index contributed by atoms with van der Waals surface area (Å²) >= 11 is 0. The minimum absolute atomic E-state index is 0.0192. The van der Waals surface area contributed by atoms with Gasteiger partial charge >= 0.3 is 6.09 Å². The van der Waals surface area contributed by atoms with Crippen molar-refractivity contribution >= 4 is 23.4 Å². The molecule has 0 spiro atoms. The molecule has 2 atom stereocenters. The van der Waals surface area contributed by atoms with E-state index in [1.54, 1.807) is 40.2 Å². The standard InChI is InChI=1S/C27H32FN5O7/c1-38-25-7-5-21-26(32(25)12-18(35)13-34)19(20(28)11-30-21)10-29-8-2-3-17-14-40-27(37)33(17)16-4-6-23-22(9-16)31-24(36)15-39-23/h4-7,9,11,17-18,29-30,34-35H,2-3,8,10,12-15H2,1H3,(H,31,36)/t17-,18+/m1/s1. The predicted octanol–water partition coefficient (Wildman–Crippen LogP) is 1.42. The van der Waals surface area contributed by atoms with E-state index in [2.05, 4.69) is 16.0 Å².